The normalized spacial score (nSPS) is 10.2. The van der Waals surface area contributed by atoms with E-state index in [0.717, 1.165) is 0 Å². The van der Waals surface area contributed by atoms with E-state index in [4.69, 9.17) is 27.9 Å². The van der Waals surface area contributed by atoms with Crippen molar-refractivity contribution in [1.29, 1.82) is 0 Å². The zero-order chi connectivity index (χ0) is 10.0. The Labute approximate surface area is 85.4 Å². The summed E-state index contributed by atoms with van der Waals surface area (Å²) in [6.45, 7) is 2.00. The van der Waals surface area contributed by atoms with Gasteiger partial charge >= 0.3 is 5.97 Å². The molecule has 1 aromatic rings. The van der Waals surface area contributed by atoms with Crippen molar-refractivity contribution in [2.45, 2.75) is 6.92 Å². The van der Waals surface area contributed by atoms with Gasteiger partial charge in [0.25, 0.3) is 0 Å². The third-order valence-electron chi connectivity index (χ3n) is 1.42. The standard InChI is InChI=1S/C7H8Cl2N2O2/c1-3-13-7(12)5-4(8)6(9)10-11(5)2/h3H2,1-2H3. The fourth-order valence-electron chi connectivity index (χ4n) is 0.887. The van der Waals surface area contributed by atoms with Crippen LogP contribution in [0.4, 0.5) is 0 Å². The molecule has 0 radical (unpaired) electrons. The SMILES string of the molecule is CCOC(=O)c1c(Cl)c(Cl)nn1C. The van der Waals surface area contributed by atoms with E-state index in [1.165, 1.54) is 4.68 Å². The fourth-order valence-corrected chi connectivity index (χ4v) is 1.33. The van der Waals surface area contributed by atoms with E-state index in [1.807, 2.05) is 0 Å². The monoisotopic (exact) mass is 222 g/mol. The van der Waals surface area contributed by atoms with Crippen molar-refractivity contribution in [1.82, 2.24) is 9.78 Å². The van der Waals surface area contributed by atoms with Gasteiger partial charge in [-0.1, -0.05) is 23.2 Å². The van der Waals surface area contributed by atoms with Gasteiger partial charge in [-0.05, 0) is 6.92 Å². The first kappa shape index (κ1) is 10.3. The van der Waals surface area contributed by atoms with Crippen LogP contribution in [0.1, 0.15) is 17.4 Å². The van der Waals surface area contributed by atoms with Crippen molar-refractivity contribution in [3.63, 3.8) is 0 Å². The number of hydrogen-bond donors (Lipinski definition) is 0. The van der Waals surface area contributed by atoms with Crippen molar-refractivity contribution >= 4 is 29.2 Å². The van der Waals surface area contributed by atoms with Crippen LogP contribution in [0.2, 0.25) is 10.2 Å². The average Bonchev–Trinajstić information content (AvgIpc) is 2.27. The summed E-state index contributed by atoms with van der Waals surface area (Å²) in [5.74, 6) is -0.519. The lowest BCUT2D eigenvalue weighted by molar-refractivity contribution is 0.0514. The molecule has 1 aromatic heterocycles. The molecule has 0 atom stereocenters. The number of hydrogen-bond acceptors (Lipinski definition) is 3. The van der Waals surface area contributed by atoms with Gasteiger partial charge in [-0.15, -0.1) is 0 Å². The molecule has 0 saturated carbocycles. The van der Waals surface area contributed by atoms with E-state index < -0.39 is 5.97 Å². The predicted octanol–water partition coefficient (Wildman–Crippen LogP) is 1.90. The number of esters is 1. The van der Waals surface area contributed by atoms with Crippen LogP contribution >= 0.6 is 23.2 Å². The van der Waals surface area contributed by atoms with Crippen molar-refractivity contribution in [2.24, 2.45) is 7.05 Å². The van der Waals surface area contributed by atoms with Gasteiger partial charge in [0.05, 0.1) is 6.61 Å². The van der Waals surface area contributed by atoms with Crippen LogP contribution in [0.15, 0.2) is 0 Å². The summed E-state index contributed by atoms with van der Waals surface area (Å²) in [6, 6.07) is 0. The number of aromatic nitrogens is 2. The summed E-state index contributed by atoms with van der Waals surface area (Å²) < 4.78 is 6.05. The lowest BCUT2D eigenvalue weighted by Gasteiger charge is -2.01. The molecule has 0 aromatic carbocycles. The van der Waals surface area contributed by atoms with Crippen molar-refractivity contribution < 1.29 is 9.53 Å². The van der Waals surface area contributed by atoms with E-state index in [2.05, 4.69) is 5.10 Å². The molecule has 72 valence electrons. The van der Waals surface area contributed by atoms with Gasteiger partial charge in [-0.2, -0.15) is 5.10 Å². The summed E-state index contributed by atoms with van der Waals surface area (Å²) in [4.78, 5) is 11.3. The number of aryl methyl sites for hydroxylation is 1. The molecule has 0 aliphatic heterocycles. The molecule has 13 heavy (non-hydrogen) atoms. The number of ether oxygens (including phenoxy) is 1. The molecule has 6 heteroatoms. The molecule has 0 bridgehead atoms. The van der Waals surface area contributed by atoms with Crippen LogP contribution < -0.4 is 0 Å². The molecular weight excluding hydrogens is 215 g/mol. The summed E-state index contributed by atoms with van der Waals surface area (Å²) >= 11 is 11.3. The second-order valence-electron chi connectivity index (χ2n) is 2.30. The first-order valence-corrected chi connectivity index (χ1v) is 4.38. The summed E-state index contributed by atoms with van der Waals surface area (Å²) in [5.41, 5.74) is 0.175. The molecule has 0 spiro atoms. The van der Waals surface area contributed by atoms with Gasteiger partial charge in [0.1, 0.15) is 5.02 Å². The number of carbonyl (C=O) groups excluding carboxylic acids is 1. The highest BCUT2D eigenvalue weighted by Gasteiger charge is 2.20. The smallest absolute Gasteiger partial charge is 0.358 e. The summed E-state index contributed by atoms with van der Waals surface area (Å²) in [6.07, 6.45) is 0. The predicted molar refractivity (Wildman–Crippen MR) is 49.2 cm³/mol. The molecule has 0 aliphatic carbocycles. The summed E-state index contributed by atoms with van der Waals surface area (Å²) in [7, 11) is 1.57. The van der Waals surface area contributed by atoms with E-state index in [9.17, 15) is 4.79 Å². The Hall–Kier alpha value is -0.740. The molecular formula is C7H8Cl2N2O2. The Kier molecular flexibility index (Phi) is 3.17. The number of rotatable bonds is 2. The molecule has 0 unspecified atom stereocenters. The van der Waals surface area contributed by atoms with Gasteiger partial charge in [-0.25, -0.2) is 4.79 Å². The van der Waals surface area contributed by atoms with Crippen molar-refractivity contribution in [3.05, 3.63) is 15.9 Å². The fraction of sp³-hybridized carbons (Fsp3) is 0.429. The third kappa shape index (κ3) is 1.95. The van der Waals surface area contributed by atoms with Crippen LogP contribution in [0.5, 0.6) is 0 Å². The Morgan fingerprint density at radius 1 is 1.62 bits per heavy atom. The Bertz CT molecular complexity index is 335. The third-order valence-corrected chi connectivity index (χ3v) is 2.14. The van der Waals surface area contributed by atoms with Crippen LogP contribution in [0.25, 0.3) is 0 Å². The maximum Gasteiger partial charge on any atom is 0.358 e. The van der Waals surface area contributed by atoms with Crippen LogP contribution in [0, 0.1) is 0 Å². The van der Waals surface area contributed by atoms with Gasteiger partial charge in [0.15, 0.2) is 10.8 Å². The lowest BCUT2D eigenvalue weighted by Crippen LogP contribution is -2.10. The molecule has 1 heterocycles. The van der Waals surface area contributed by atoms with Crippen LogP contribution in [-0.2, 0) is 11.8 Å². The minimum atomic E-state index is -0.519. The van der Waals surface area contributed by atoms with E-state index >= 15 is 0 Å². The highest BCUT2D eigenvalue weighted by molar-refractivity contribution is 6.42. The van der Waals surface area contributed by atoms with Gasteiger partial charge in [0, 0.05) is 7.05 Å². The van der Waals surface area contributed by atoms with E-state index in [-0.39, 0.29) is 22.5 Å². The van der Waals surface area contributed by atoms with Crippen LogP contribution in [-0.4, -0.2) is 22.4 Å². The highest BCUT2D eigenvalue weighted by Crippen LogP contribution is 2.24. The maximum absolute atomic E-state index is 11.3. The van der Waals surface area contributed by atoms with Gasteiger partial charge < -0.3 is 4.74 Å². The molecule has 0 fully saturated rings. The molecule has 0 aliphatic rings. The lowest BCUT2D eigenvalue weighted by atomic mass is 10.4. The minimum Gasteiger partial charge on any atom is -0.461 e. The maximum atomic E-state index is 11.3. The Morgan fingerprint density at radius 2 is 2.23 bits per heavy atom. The molecule has 0 saturated heterocycles. The summed E-state index contributed by atoms with van der Waals surface area (Å²) in [5, 5.41) is 3.99. The van der Waals surface area contributed by atoms with Gasteiger partial charge in [-0.3, -0.25) is 4.68 Å². The first-order valence-electron chi connectivity index (χ1n) is 3.63. The quantitative estimate of drug-likeness (QED) is 0.719. The molecule has 0 amide bonds. The largest absolute Gasteiger partial charge is 0.461 e. The first-order chi connectivity index (χ1) is 6.07. The molecule has 4 nitrogen and oxygen atoms in total. The Balaban J connectivity index is 3.06. The Morgan fingerprint density at radius 3 is 2.62 bits per heavy atom. The zero-order valence-electron chi connectivity index (χ0n) is 7.17. The van der Waals surface area contributed by atoms with Crippen molar-refractivity contribution in [2.75, 3.05) is 6.61 Å². The van der Waals surface area contributed by atoms with E-state index in [1.54, 1.807) is 14.0 Å². The average molecular weight is 223 g/mol. The van der Waals surface area contributed by atoms with Crippen molar-refractivity contribution in [3.8, 4) is 0 Å². The number of halogens is 2. The van der Waals surface area contributed by atoms with Gasteiger partial charge in [0.2, 0.25) is 0 Å². The second-order valence-corrected chi connectivity index (χ2v) is 3.03. The molecule has 1 rings (SSSR count). The topological polar surface area (TPSA) is 44.1 Å². The number of nitrogens with zero attached hydrogens (tertiary/aromatic N) is 2. The molecule has 0 N–H and O–H groups in total. The number of carbonyl (C=O) groups is 1. The second kappa shape index (κ2) is 3.98. The highest BCUT2D eigenvalue weighted by atomic mass is 35.5. The van der Waals surface area contributed by atoms with E-state index in [0.29, 0.717) is 0 Å². The zero-order valence-corrected chi connectivity index (χ0v) is 8.69. The van der Waals surface area contributed by atoms with Crippen LogP contribution in [0.3, 0.4) is 0 Å². The minimum absolute atomic E-state index is 0.104.